The predicted octanol–water partition coefficient (Wildman–Crippen LogP) is 4.65. The van der Waals surface area contributed by atoms with Crippen LogP contribution >= 0.6 is 11.8 Å². The maximum Gasteiger partial charge on any atom is 0.237 e. The molecule has 1 unspecified atom stereocenters. The standard InChI is InChI=1S/C20H15FN4O3S/c1-12(19(26)22-14-7-3-2-6-13(14)21)29-20-23-17(15-8-4-10-27-15)18(24-25-20)16-9-5-11-28-16/h2-12H,1H3,(H,22,26). The number of amides is 1. The smallest absolute Gasteiger partial charge is 0.237 e. The largest absolute Gasteiger partial charge is 0.463 e. The third-order valence-corrected chi connectivity index (χ3v) is 4.91. The van der Waals surface area contributed by atoms with Crippen molar-refractivity contribution in [1.29, 1.82) is 0 Å². The van der Waals surface area contributed by atoms with E-state index in [2.05, 4.69) is 20.5 Å². The lowest BCUT2D eigenvalue weighted by molar-refractivity contribution is -0.115. The predicted molar refractivity (Wildman–Crippen MR) is 106 cm³/mol. The number of aromatic nitrogens is 3. The van der Waals surface area contributed by atoms with E-state index in [0.717, 1.165) is 11.8 Å². The highest BCUT2D eigenvalue weighted by Crippen LogP contribution is 2.31. The van der Waals surface area contributed by atoms with E-state index in [1.54, 1.807) is 43.3 Å². The molecule has 146 valence electrons. The lowest BCUT2D eigenvalue weighted by atomic mass is 10.2. The van der Waals surface area contributed by atoms with Gasteiger partial charge in [-0.2, -0.15) is 0 Å². The van der Waals surface area contributed by atoms with Gasteiger partial charge in [0.05, 0.1) is 23.5 Å². The van der Waals surface area contributed by atoms with Crippen LogP contribution in [0.15, 0.2) is 75.0 Å². The van der Waals surface area contributed by atoms with Gasteiger partial charge in [0.25, 0.3) is 0 Å². The summed E-state index contributed by atoms with van der Waals surface area (Å²) in [4.78, 5) is 16.9. The second kappa shape index (κ2) is 8.27. The fourth-order valence-electron chi connectivity index (χ4n) is 2.53. The Morgan fingerprint density at radius 3 is 2.34 bits per heavy atom. The van der Waals surface area contributed by atoms with E-state index in [1.165, 1.54) is 24.7 Å². The van der Waals surface area contributed by atoms with Gasteiger partial charge in [0.1, 0.15) is 11.5 Å². The summed E-state index contributed by atoms with van der Waals surface area (Å²) < 4.78 is 24.6. The number of nitrogens with zero attached hydrogens (tertiary/aromatic N) is 3. The van der Waals surface area contributed by atoms with Crippen molar-refractivity contribution >= 4 is 23.4 Å². The molecule has 0 saturated carbocycles. The third-order valence-electron chi connectivity index (χ3n) is 3.96. The second-order valence-corrected chi connectivity index (χ2v) is 7.28. The monoisotopic (exact) mass is 410 g/mol. The number of para-hydroxylation sites is 1. The Hall–Kier alpha value is -3.46. The van der Waals surface area contributed by atoms with Gasteiger partial charge in [-0.15, -0.1) is 10.2 Å². The van der Waals surface area contributed by atoms with Gasteiger partial charge in [-0.25, -0.2) is 9.37 Å². The molecule has 0 aliphatic rings. The van der Waals surface area contributed by atoms with Gasteiger partial charge in [-0.1, -0.05) is 23.9 Å². The second-order valence-electron chi connectivity index (χ2n) is 5.98. The summed E-state index contributed by atoms with van der Waals surface area (Å²) in [7, 11) is 0. The summed E-state index contributed by atoms with van der Waals surface area (Å²) in [6.45, 7) is 1.68. The maximum atomic E-state index is 13.8. The molecule has 0 fully saturated rings. The van der Waals surface area contributed by atoms with Crippen molar-refractivity contribution in [2.75, 3.05) is 5.32 Å². The Kier molecular flexibility index (Phi) is 5.39. The molecule has 3 heterocycles. The number of rotatable bonds is 6. The van der Waals surface area contributed by atoms with Crippen LogP contribution in [-0.4, -0.2) is 26.3 Å². The fourth-order valence-corrected chi connectivity index (χ4v) is 3.25. The molecule has 0 radical (unpaired) electrons. The van der Waals surface area contributed by atoms with E-state index < -0.39 is 11.1 Å². The zero-order chi connectivity index (χ0) is 20.2. The van der Waals surface area contributed by atoms with Crippen molar-refractivity contribution in [1.82, 2.24) is 15.2 Å². The number of hydrogen-bond donors (Lipinski definition) is 1. The molecule has 0 aliphatic carbocycles. The first-order valence-corrected chi connectivity index (χ1v) is 9.54. The third kappa shape index (κ3) is 4.19. The van der Waals surface area contributed by atoms with E-state index in [0.29, 0.717) is 22.9 Å². The summed E-state index contributed by atoms with van der Waals surface area (Å²) >= 11 is 1.10. The summed E-state index contributed by atoms with van der Waals surface area (Å²) in [5.74, 6) is 0.118. The quantitative estimate of drug-likeness (QED) is 0.462. The van der Waals surface area contributed by atoms with Crippen LogP contribution in [0.1, 0.15) is 6.92 Å². The zero-order valence-electron chi connectivity index (χ0n) is 15.2. The number of benzene rings is 1. The van der Waals surface area contributed by atoms with Crippen molar-refractivity contribution in [3.8, 4) is 22.9 Å². The van der Waals surface area contributed by atoms with Crippen molar-refractivity contribution in [3.63, 3.8) is 0 Å². The van der Waals surface area contributed by atoms with Gasteiger partial charge >= 0.3 is 0 Å². The normalized spacial score (nSPS) is 11.9. The van der Waals surface area contributed by atoms with Crippen LogP contribution in [0.4, 0.5) is 10.1 Å². The molecule has 1 amide bonds. The molecule has 1 aromatic carbocycles. The number of carbonyl (C=O) groups is 1. The Labute approximate surface area is 169 Å². The average Bonchev–Trinajstić information content (AvgIpc) is 3.44. The molecule has 4 rings (SSSR count). The number of nitrogens with one attached hydrogen (secondary N) is 1. The molecule has 0 saturated heterocycles. The number of anilines is 1. The summed E-state index contributed by atoms with van der Waals surface area (Å²) in [5.41, 5.74) is 0.996. The van der Waals surface area contributed by atoms with Crippen molar-refractivity contribution in [3.05, 3.63) is 66.9 Å². The Morgan fingerprint density at radius 2 is 1.69 bits per heavy atom. The Morgan fingerprint density at radius 1 is 1.00 bits per heavy atom. The molecule has 0 bridgehead atoms. The van der Waals surface area contributed by atoms with Gasteiger partial charge in [0.15, 0.2) is 17.2 Å². The van der Waals surface area contributed by atoms with Gasteiger partial charge in [-0.3, -0.25) is 4.79 Å². The van der Waals surface area contributed by atoms with E-state index >= 15 is 0 Å². The fraction of sp³-hybridized carbons (Fsp3) is 0.100. The van der Waals surface area contributed by atoms with Crippen LogP contribution in [-0.2, 0) is 4.79 Å². The number of carbonyl (C=O) groups excluding carboxylic acids is 1. The molecule has 4 aromatic rings. The molecule has 1 N–H and O–H groups in total. The molecule has 0 aliphatic heterocycles. The maximum absolute atomic E-state index is 13.8. The van der Waals surface area contributed by atoms with Crippen molar-refractivity contribution < 1.29 is 18.0 Å². The summed E-state index contributed by atoms with van der Waals surface area (Å²) in [6.07, 6.45) is 3.06. The van der Waals surface area contributed by atoms with Crippen LogP contribution in [0.3, 0.4) is 0 Å². The van der Waals surface area contributed by atoms with Gasteiger partial charge in [-0.05, 0) is 43.3 Å². The van der Waals surface area contributed by atoms with Crippen molar-refractivity contribution in [2.45, 2.75) is 17.3 Å². The molecule has 0 spiro atoms. The number of furan rings is 2. The number of thioether (sulfide) groups is 1. The topological polar surface area (TPSA) is 94.1 Å². The number of halogens is 1. The highest BCUT2D eigenvalue weighted by molar-refractivity contribution is 8.00. The number of hydrogen-bond acceptors (Lipinski definition) is 7. The Bertz CT molecular complexity index is 1120. The van der Waals surface area contributed by atoms with Crippen LogP contribution < -0.4 is 5.32 Å². The minimum atomic E-state index is -0.588. The molecular formula is C20H15FN4O3S. The minimum absolute atomic E-state index is 0.119. The van der Waals surface area contributed by atoms with Gasteiger partial charge in [0, 0.05) is 0 Å². The van der Waals surface area contributed by atoms with Crippen LogP contribution in [0.5, 0.6) is 0 Å². The highest BCUT2D eigenvalue weighted by atomic mass is 32.2. The summed E-state index contributed by atoms with van der Waals surface area (Å²) in [6, 6.07) is 12.9. The van der Waals surface area contributed by atoms with Crippen LogP contribution in [0.2, 0.25) is 0 Å². The van der Waals surface area contributed by atoms with E-state index in [4.69, 9.17) is 8.83 Å². The molecular weight excluding hydrogens is 395 g/mol. The average molecular weight is 410 g/mol. The van der Waals surface area contributed by atoms with Gasteiger partial charge in [0.2, 0.25) is 11.1 Å². The molecule has 9 heteroatoms. The highest BCUT2D eigenvalue weighted by Gasteiger charge is 2.21. The van der Waals surface area contributed by atoms with E-state index in [1.807, 2.05) is 0 Å². The Balaban J connectivity index is 1.56. The van der Waals surface area contributed by atoms with Gasteiger partial charge < -0.3 is 14.2 Å². The summed E-state index contributed by atoms with van der Waals surface area (Å²) in [5, 5.41) is 10.6. The lowest BCUT2D eigenvalue weighted by Crippen LogP contribution is -2.23. The minimum Gasteiger partial charge on any atom is -0.463 e. The first-order valence-electron chi connectivity index (χ1n) is 8.66. The first-order chi connectivity index (χ1) is 14.1. The molecule has 29 heavy (non-hydrogen) atoms. The van der Waals surface area contributed by atoms with E-state index in [-0.39, 0.29) is 16.8 Å². The SMILES string of the molecule is CC(Sc1nnc(-c2ccco2)c(-c2ccco2)n1)C(=O)Nc1ccccc1F. The molecule has 1 atom stereocenters. The van der Waals surface area contributed by atoms with Crippen molar-refractivity contribution in [2.24, 2.45) is 0 Å². The van der Waals surface area contributed by atoms with Crippen LogP contribution in [0, 0.1) is 5.82 Å². The first kappa shape index (κ1) is 18.9. The van der Waals surface area contributed by atoms with Crippen LogP contribution in [0.25, 0.3) is 22.9 Å². The molecule has 3 aromatic heterocycles. The zero-order valence-corrected chi connectivity index (χ0v) is 16.0. The van der Waals surface area contributed by atoms with E-state index in [9.17, 15) is 9.18 Å². The lowest BCUT2D eigenvalue weighted by Gasteiger charge is -2.12. The molecule has 7 nitrogen and oxygen atoms in total.